The third-order valence-corrected chi connectivity index (χ3v) is 2.45. The van der Waals surface area contributed by atoms with Crippen molar-refractivity contribution in [2.45, 2.75) is 25.8 Å². The van der Waals surface area contributed by atoms with Crippen molar-refractivity contribution in [1.82, 2.24) is 5.32 Å². The Bertz CT molecular complexity index is 453. The molecule has 84 valence electrons. The van der Waals surface area contributed by atoms with E-state index in [1.165, 1.54) is 12.1 Å². The molecule has 0 heterocycles. The number of non-ortho nitro benzene ring substituents is 1. The van der Waals surface area contributed by atoms with E-state index < -0.39 is 4.92 Å². The summed E-state index contributed by atoms with van der Waals surface area (Å²) < 4.78 is 0. The van der Waals surface area contributed by atoms with Crippen LogP contribution in [0.15, 0.2) is 18.2 Å². The van der Waals surface area contributed by atoms with Gasteiger partial charge in [-0.2, -0.15) is 0 Å². The molecule has 1 aromatic rings. The predicted octanol–water partition coefficient (Wildman–Crippen LogP) is 1.80. The van der Waals surface area contributed by atoms with Gasteiger partial charge in [-0.05, 0) is 31.4 Å². The molecule has 5 heteroatoms. The van der Waals surface area contributed by atoms with Gasteiger partial charge in [-0.25, -0.2) is 0 Å². The van der Waals surface area contributed by atoms with Gasteiger partial charge in [0.25, 0.3) is 11.6 Å². The Labute approximate surface area is 92.6 Å². The first-order chi connectivity index (χ1) is 7.56. The molecule has 2 rings (SSSR count). The predicted molar refractivity (Wildman–Crippen MR) is 58.3 cm³/mol. The average Bonchev–Trinajstić information content (AvgIpc) is 3.00. The maximum Gasteiger partial charge on any atom is 0.270 e. The van der Waals surface area contributed by atoms with Gasteiger partial charge in [0.2, 0.25) is 0 Å². The lowest BCUT2D eigenvalue weighted by molar-refractivity contribution is -0.384. The molecule has 0 unspecified atom stereocenters. The van der Waals surface area contributed by atoms with Crippen molar-refractivity contribution < 1.29 is 9.72 Å². The third kappa shape index (κ3) is 2.36. The summed E-state index contributed by atoms with van der Waals surface area (Å²) in [6.07, 6.45) is 2.00. The zero-order valence-electron chi connectivity index (χ0n) is 8.90. The van der Waals surface area contributed by atoms with E-state index in [4.69, 9.17) is 0 Å². The van der Waals surface area contributed by atoms with Crippen molar-refractivity contribution in [2.75, 3.05) is 0 Å². The first-order valence-electron chi connectivity index (χ1n) is 5.13. The second-order valence-corrected chi connectivity index (χ2v) is 4.06. The average molecular weight is 220 g/mol. The van der Waals surface area contributed by atoms with E-state index in [0.717, 1.165) is 18.4 Å². The second kappa shape index (κ2) is 3.92. The molecule has 16 heavy (non-hydrogen) atoms. The number of hydrogen-bond donors (Lipinski definition) is 1. The number of aryl methyl sites for hydroxylation is 1. The molecule has 0 spiro atoms. The number of hydrogen-bond acceptors (Lipinski definition) is 3. The van der Waals surface area contributed by atoms with E-state index in [1.807, 2.05) is 0 Å². The summed E-state index contributed by atoms with van der Waals surface area (Å²) in [5.74, 6) is -0.227. The fraction of sp³-hybridized carbons (Fsp3) is 0.364. The minimum atomic E-state index is -0.485. The van der Waals surface area contributed by atoms with Crippen LogP contribution in [0.25, 0.3) is 0 Å². The van der Waals surface area contributed by atoms with Gasteiger partial charge < -0.3 is 5.32 Å². The summed E-state index contributed by atoms with van der Waals surface area (Å²) in [5.41, 5.74) is 1.04. The van der Waals surface area contributed by atoms with Crippen molar-refractivity contribution in [2.24, 2.45) is 0 Å². The van der Waals surface area contributed by atoms with Crippen molar-refractivity contribution in [3.8, 4) is 0 Å². The molecule has 1 amide bonds. The van der Waals surface area contributed by atoms with Gasteiger partial charge in [0.1, 0.15) is 0 Å². The van der Waals surface area contributed by atoms with Gasteiger partial charge in [-0.15, -0.1) is 0 Å². The van der Waals surface area contributed by atoms with Crippen molar-refractivity contribution in [3.63, 3.8) is 0 Å². The first kappa shape index (κ1) is 10.6. The molecule has 1 N–H and O–H groups in total. The zero-order chi connectivity index (χ0) is 11.7. The van der Waals surface area contributed by atoms with Crippen LogP contribution in [-0.2, 0) is 0 Å². The van der Waals surface area contributed by atoms with Crippen LogP contribution < -0.4 is 5.32 Å². The highest BCUT2D eigenvalue weighted by atomic mass is 16.6. The van der Waals surface area contributed by atoms with Gasteiger partial charge in [-0.1, -0.05) is 0 Å². The molecule has 0 atom stereocenters. The lowest BCUT2D eigenvalue weighted by Crippen LogP contribution is -2.25. The van der Waals surface area contributed by atoms with Gasteiger partial charge in [0, 0.05) is 23.7 Å². The topological polar surface area (TPSA) is 72.2 Å². The smallest absolute Gasteiger partial charge is 0.270 e. The molecule has 0 aromatic heterocycles. The Kier molecular flexibility index (Phi) is 2.60. The molecule has 0 aliphatic heterocycles. The molecule has 1 fully saturated rings. The van der Waals surface area contributed by atoms with E-state index in [9.17, 15) is 14.9 Å². The molecule has 1 aliphatic rings. The summed E-state index contributed by atoms with van der Waals surface area (Å²) in [6.45, 7) is 1.74. The van der Waals surface area contributed by atoms with E-state index in [0.29, 0.717) is 5.56 Å². The molecular weight excluding hydrogens is 208 g/mol. The number of rotatable bonds is 3. The summed E-state index contributed by atoms with van der Waals surface area (Å²) >= 11 is 0. The van der Waals surface area contributed by atoms with Crippen LogP contribution in [0.2, 0.25) is 0 Å². The Morgan fingerprint density at radius 2 is 2.12 bits per heavy atom. The summed E-state index contributed by atoms with van der Waals surface area (Å²) in [7, 11) is 0. The van der Waals surface area contributed by atoms with E-state index in [1.54, 1.807) is 13.0 Å². The number of nitro groups is 1. The normalized spacial score (nSPS) is 14.6. The quantitative estimate of drug-likeness (QED) is 0.623. The molecule has 1 saturated carbocycles. The van der Waals surface area contributed by atoms with Crippen LogP contribution >= 0.6 is 0 Å². The first-order valence-corrected chi connectivity index (χ1v) is 5.13. The van der Waals surface area contributed by atoms with E-state index in [-0.39, 0.29) is 17.6 Å². The summed E-state index contributed by atoms with van der Waals surface area (Å²) in [4.78, 5) is 21.8. The largest absolute Gasteiger partial charge is 0.349 e. The lowest BCUT2D eigenvalue weighted by Gasteiger charge is -2.04. The van der Waals surface area contributed by atoms with Crippen LogP contribution in [0.3, 0.4) is 0 Å². The van der Waals surface area contributed by atoms with Crippen molar-refractivity contribution >= 4 is 11.6 Å². The monoisotopic (exact) mass is 220 g/mol. The number of nitrogens with zero attached hydrogens (tertiary/aromatic N) is 1. The number of carbonyl (C=O) groups excluding carboxylic acids is 1. The number of nitrogens with one attached hydrogen (secondary N) is 1. The standard InChI is InChI=1S/C11H12N2O3/c1-7-4-8(6-10(5-7)13(15)16)11(14)12-9-2-3-9/h4-6,9H,2-3H2,1H3,(H,12,14). The molecule has 0 saturated heterocycles. The number of amides is 1. The van der Waals surface area contributed by atoms with Gasteiger partial charge in [-0.3, -0.25) is 14.9 Å². The summed E-state index contributed by atoms with van der Waals surface area (Å²) in [6, 6.07) is 4.68. The molecule has 0 bridgehead atoms. The lowest BCUT2D eigenvalue weighted by atomic mass is 10.1. The molecular formula is C11H12N2O3. The van der Waals surface area contributed by atoms with Crippen LogP contribution in [0, 0.1) is 17.0 Å². The Balaban J connectivity index is 2.24. The highest BCUT2D eigenvalue weighted by molar-refractivity contribution is 5.95. The SMILES string of the molecule is Cc1cc(C(=O)NC2CC2)cc([N+](=O)[O-])c1. The zero-order valence-corrected chi connectivity index (χ0v) is 8.90. The number of nitro benzene ring substituents is 1. The second-order valence-electron chi connectivity index (χ2n) is 4.06. The van der Waals surface area contributed by atoms with Gasteiger partial charge in [0.05, 0.1) is 4.92 Å². The molecule has 1 aromatic carbocycles. The van der Waals surface area contributed by atoms with E-state index >= 15 is 0 Å². The fourth-order valence-electron chi connectivity index (χ4n) is 1.50. The maximum absolute atomic E-state index is 11.7. The van der Waals surface area contributed by atoms with Crippen LogP contribution in [-0.4, -0.2) is 16.9 Å². The minimum absolute atomic E-state index is 0.0408. The Hall–Kier alpha value is -1.91. The number of benzene rings is 1. The van der Waals surface area contributed by atoms with Gasteiger partial charge in [0.15, 0.2) is 0 Å². The van der Waals surface area contributed by atoms with Gasteiger partial charge >= 0.3 is 0 Å². The molecule has 0 radical (unpaired) electrons. The van der Waals surface area contributed by atoms with Crippen LogP contribution in [0.1, 0.15) is 28.8 Å². The van der Waals surface area contributed by atoms with Crippen LogP contribution in [0.4, 0.5) is 5.69 Å². The Morgan fingerprint density at radius 1 is 1.44 bits per heavy atom. The Morgan fingerprint density at radius 3 is 2.69 bits per heavy atom. The number of carbonyl (C=O) groups is 1. The summed E-state index contributed by atoms with van der Waals surface area (Å²) in [5, 5.41) is 13.4. The van der Waals surface area contributed by atoms with Crippen molar-refractivity contribution in [1.29, 1.82) is 0 Å². The van der Waals surface area contributed by atoms with Crippen LogP contribution in [0.5, 0.6) is 0 Å². The fourth-order valence-corrected chi connectivity index (χ4v) is 1.50. The third-order valence-electron chi connectivity index (χ3n) is 2.45. The van der Waals surface area contributed by atoms with Crippen molar-refractivity contribution in [3.05, 3.63) is 39.4 Å². The maximum atomic E-state index is 11.7. The highest BCUT2D eigenvalue weighted by Gasteiger charge is 2.24. The van der Waals surface area contributed by atoms with E-state index in [2.05, 4.69) is 5.32 Å². The highest BCUT2D eigenvalue weighted by Crippen LogP contribution is 2.21. The molecule has 5 nitrogen and oxygen atoms in total. The minimum Gasteiger partial charge on any atom is -0.349 e. The molecule has 1 aliphatic carbocycles.